The van der Waals surface area contributed by atoms with Gasteiger partial charge in [0.15, 0.2) is 11.8 Å². The van der Waals surface area contributed by atoms with E-state index in [1.165, 1.54) is 12.1 Å². The van der Waals surface area contributed by atoms with Crippen molar-refractivity contribution in [1.29, 1.82) is 0 Å². The van der Waals surface area contributed by atoms with Crippen molar-refractivity contribution in [3.8, 4) is 5.75 Å². The Morgan fingerprint density at radius 2 is 1.44 bits per heavy atom. The first-order valence-corrected chi connectivity index (χ1v) is 8.02. The van der Waals surface area contributed by atoms with Gasteiger partial charge in [0.2, 0.25) is 0 Å². The van der Waals surface area contributed by atoms with Crippen LogP contribution in [0.5, 0.6) is 5.75 Å². The third kappa shape index (κ3) is 5.91. The maximum Gasteiger partial charge on any atom is 0.336 e. The van der Waals surface area contributed by atoms with E-state index in [-0.39, 0.29) is 5.75 Å². The first kappa shape index (κ1) is 20.1. The summed E-state index contributed by atoms with van der Waals surface area (Å²) >= 11 is 0. The number of carboxylic acid groups (broad SMARTS) is 1. The number of carboxylic acids is 1. The maximum atomic E-state index is 12.0. The monoisotopic (exact) mass is 373 g/mol. The number of carbonyl (C=O) groups excluding carboxylic acids is 2. The van der Waals surface area contributed by atoms with Crippen LogP contribution in [0.2, 0.25) is 0 Å². The second kappa shape index (κ2) is 8.93. The molecule has 0 heterocycles. The molecule has 2 unspecified atom stereocenters. The number of aliphatic carboxylic acids is 1. The molecule has 142 valence electrons. The Labute approximate surface area is 155 Å². The molecule has 0 radical (unpaired) electrons. The molecule has 0 spiro atoms. The fourth-order valence-electron chi connectivity index (χ4n) is 2.24. The van der Waals surface area contributed by atoms with E-state index in [1.54, 1.807) is 48.5 Å². The van der Waals surface area contributed by atoms with Gasteiger partial charge in [0.25, 0.3) is 0 Å². The number of hydrogen-bond acceptors (Lipinski definition) is 7. The molecule has 0 bridgehead atoms. The summed E-state index contributed by atoms with van der Waals surface area (Å²) in [6.45, 7) is 0. The minimum Gasteiger partial charge on any atom is -0.479 e. The van der Waals surface area contributed by atoms with Crippen molar-refractivity contribution in [2.24, 2.45) is 5.73 Å². The number of esters is 2. The van der Waals surface area contributed by atoms with Crippen LogP contribution in [0.1, 0.15) is 24.6 Å². The number of hydrogen-bond donors (Lipinski definition) is 3. The lowest BCUT2D eigenvalue weighted by atomic mass is 9.96. The third-order valence-corrected chi connectivity index (χ3v) is 3.63. The molecule has 2 aromatic carbocycles. The van der Waals surface area contributed by atoms with Crippen molar-refractivity contribution in [3.05, 3.63) is 66.2 Å². The maximum absolute atomic E-state index is 12.0. The third-order valence-electron chi connectivity index (χ3n) is 3.63. The van der Waals surface area contributed by atoms with E-state index >= 15 is 0 Å². The number of carbonyl (C=O) groups is 3. The molecule has 0 aliphatic carbocycles. The molecular formula is C19H19NO7. The van der Waals surface area contributed by atoms with E-state index in [0.29, 0.717) is 5.56 Å². The molecule has 8 heteroatoms. The van der Waals surface area contributed by atoms with E-state index in [2.05, 4.69) is 0 Å². The Morgan fingerprint density at radius 3 is 2.00 bits per heavy atom. The second-order valence-electron chi connectivity index (χ2n) is 5.80. The van der Waals surface area contributed by atoms with Gasteiger partial charge in [-0.15, -0.1) is 0 Å². The second-order valence-corrected chi connectivity index (χ2v) is 5.80. The predicted octanol–water partition coefficient (Wildman–Crippen LogP) is 1.39. The molecule has 0 saturated carbocycles. The smallest absolute Gasteiger partial charge is 0.336 e. The first-order chi connectivity index (χ1) is 12.8. The van der Waals surface area contributed by atoms with Gasteiger partial charge >= 0.3 is 17.9 Å². The minimum absolute atomic E-state index is 0.184. The van der Waals surface area contributed by atoms with Gasteiger partial charge in [0, 0.05) is 5.56 Å². The van der Waals surface area contributed by atoms with E-state index in [0.717, 1.165) is 0 Å². The quantitative estimate of drug-likeness (QED) is 0.359. The molecule has 0 saturated heterocycles. The van der Waals surface area contributed by atoms with Gasteiger partial charge in [-0.3, -0.25) is 15.3 Å². The van der Waals surface area contributed by atoms with Crippen LogP contribution >= 0.6 is 0 Å². The number of para-hydroxylation sites is 1. The molecule has 2 rings (SSSR count). The van der Waals surface area contributed by atoms with Crippen molar-refractivity contribution in [2.75, 3.05) is 0 Å². The zero-order valence-corrected chi connectivity index (χ0v) is 14.3. The topological polar surface area (TPSA) is 136 Å². The van der Waals surface area contributed by atoms with Crippen molar-refractivity contribution >= 4 is 17.9 Å². The van der Waals surface area contributed by atoms with Crippen LogP contribution < -0.4 is 10.5 Å². The molecule has 0 amide bonds. The molecule has 8 nitrogen and oxygen atoms in total. The van der Waals surface area contributed by atoms with Gasteiger partial charge in [0.1, 0.15) is 5.75 Å². The molecule has 2 atom stereocenters. The minimum atomic E-state index is -2.68. The van der Waals surface area contributed by atoms with Crippen molar-refractivity contribution in [3.63, 3.8) is 0 Å². The zero-order valence-electron chi connectivity index (χ0n) is 14.3. The molecule has 2 aromatic rings. The Kier molecular flexibility index (Phi) is 6.64. The summed E-state index contributed by atoms with van der Waals surface area (Å²) in [7, 11) is 0. The van der Waals surface area contributed by atoms with Crippen molar-refractivity contribution in [1.82, 2.24) is 0 Å². The molecule has 0 aliphatic rings. The Morgan fingerprint density at radius 1 is 0.926 bits per heavy atom. The highest BCUT2D eigenvalue weighted by atomic mass is 16.6. The largest absolute Gasteiger partial charge is 0.479 e. The highest BCUT2D eigenvalue weighted by Crippen LogP contribution is 2.21. The van der Waals surface area contributed by atoms with E-state index in [1.807, 2.05) is 0 Å². The van der Waals surface area contributed by atoms with Gasteiger partial charge in [0.05, 0.1) is 12.8 Å². The SMILES string of the molecule is NC(OC(=O)CC(O)(CC(=O)Oc1ccccc1)C(=O)O)c1ccccc1. The zero-order chi connectivity index (χ0) is 19.9. The summed E-state index contributed by atoms with van der Waals surface area (Å²) < 4.78 is 9.90. The van der Waals surface area contributed by atoms with E-state index in [4.69, 9.17) is 15.2 Å². The fraction of sp³-hybridized carbons (Fsp3) is 0.211. The van der Waals surface area contributed by atoms with E-state index < -0.39 is 42.6 Å². The Balaban J connectivity index is 1.99. The van der Waals surface area contributed by atoms with Crippen molar-refractivity contribution in [2.45, 2.75) is 24.7 Å². The average Bonchev–Trinajstić information content (AvgIpc) is 2.62. The summed E-state index contributed by atoms with van der Waals surface area (Å²) in [5.41, 5.74) is 3.54. The lowest BCUT2D eigenvalue weighted by Gasteiger charge is -2.22. The summed E-state index contributed by atoms with van der Waals surface area (Å²) in [5.74, 6) is -3.64. The van der Waals surface area contributed by atoms with Crippen LogP contribution in [-0.4, -0.2) is 33.7 Å². The van der Waals surface area contributed by atoms with E-state index in [9.17, 15) is 24.6 Å². The van der Waals surface area contributed by atoms with Gasteiger partial charge in [-0.05, 0) is 12.1 Å². The standard InChI is InChI=1S/C19H19NO7/c20-17(13-7-3-1-4-8-13)27-16(22)12-19(25,18(23)24)11-15(21)26-14-9-5-2-6-10-14/h1-10,17,25H,11-12,20H2,(H,23,24). The first-order valence-electron chi connectivity index (χ1n) is 8.02. The van der Waals surface area contributed by atoms with Crippen LogP contribution in [0.25, 0.3) is 0 Å². The summed E-state index contributed by atoms with van der Waals surface area (Å²) in [4.78, 5) is 35.3. The number of nitrogens with two attached hydrogens (primary N) is 1. The van der Waals surface area contributed by atoms with Gasteiger partial charge in [-0.25, -0.2) is 4.79 Å². The lowest BCUT2D eigenvalue weighted by Crippen LogP contribution is -2.44. The molecular weight excluding hydrogens is 354 g/mol. The Bertz CT molecular complexity index is 794. The fourth-order valence-corrected chi connectivity index (χ4v) is 2.24. The Hall–Kier alpha value is -3.23. The van der Waals surface area contributed by atoms with Crippen LogP contribution in [0, 0.1) is 0 Å². The highest BCUT2D eigenvalue weighted by Gasteiger charge is 2.42. The lowest BCUT2D eigenvalue weighted by molar-refractivity contribution is -0.173. The van der Waals surface area contributed by atoms with Gasteiger partial charge in [-0.2, -0.15) is 0 Å². The number of ether oxygens (including phenoxy) is 2. The molecule has 0 aromatic heterocycles. The molecule has 27 heavy (non-hydrogen) atoms. The summed E-state index contributed by atoms with van der Waals surface area (Å²) in [5, 5.41) is 19.5. The van der Waals surface area contributed by atoms with Crippen LogP contribution in [-0.2, 0) is 19.1 Å². The van der Waals surface area contributed by atoms with Gasteiger partial charge < -0.3 is 19.7 Å². The van der Waals surface area contributed by atoms with Crippen LogP contribution in [0.3, 0.4) is 0 Å². The number of benzene rings is 2. The summed E-state index contributed by atoms with van der Waals surface area (Å²) in [6.07, 6.45) is -3.03. The number of rotatable bonds is 8. The average molecular weight is 373 g/mol. The van der Waals surface area contributed by atoms with Crippen molar-refractivity contribution < 1.29 is 34.1 Å². The van der Waals surface area contributed by atoms with Crippen LogP contribution in [0.15, 0.2) is 60.7 Å². The highest BCUT2D eigenvalue weighted by molar-refractivity contribution is 5.89. The number of aliphatic hydroxyl groups is 1. The van der Waals surface area contributed by atoms with Crippen LogP contribution in [0.4, 0.5) is 0 Å². The molecule has 0 fully saturated rings. The van der Waals surface area contributed by atoms with Gasteiger partial charge in [-0.1, -0.05) is 48.5 Å². The molecule has 4 N–H and O–H groups in total. The predicted molar refractivity (Wildman–Crippen MR) is 93.4 cm³/mol. The normalized spacial score (nSPS) is 13.9. The molecule has 0 aliphatic heterocycles. The summed E-state index contributed by atoms with van der Waals surface area (Å²) in [6, 6.07) is 16.3.